The second-order valence-electron chi connectivity index (χ2n) is 10.4. The summed E-state index contributed by atoms with van der Waals surface area (Å²) in [4.78, 5) is 48.1. The molecule has 0 spiro atoms. The number of rotatable bonds is 13. The molecule has 1 aliphatic rings. The highest BCUT2D eigenvalue weighted by Gasteiger charge is 2.33. The molecule has 10 heteroatoms. The molecule has 10 nitrogen and oxygen atoms in total. The Hall–Kier alpha value is -4.18. The summed E-state index contributed by atoms with van der Waals surface area (Å²) in [5.41, 5.74) is 0.625. The molecule has 1 fully saturated rings. The normalized spacial score (nSPS) is 18.0. The summed E-state index contributed by atoms with van der Waals surface area (Å²) in [5, 5.41) is 0. The van der Waals surface area contributed by atoms with E-state index in [1.54, 1.807) is 24.3 Å². The Balaban J connectivity index is 1.41. The lowest BCUT2D eigenvalue weighted by atomic mass is 9.75. The third-order valence-electron chi connectivity index (χ3n) is 6.90. The number of esters is 3. The van der Waals surface area contributed by atoms with Crippen molar-refractivity contribution >= 4 is 24.1 Å². The number of carbonyl (C=O) groups is 4. The molecule has 42 heavy (non-hydrogen) atoms. The van der Waals surface area contributed by atoms with Gasteiger partial charge in [-0.05, 0) is 79.1 Å². The maximum atomic E-state index is 12.8. The van der Waals surface area contributed by atoms with Crippen molar-refractivity contribution in [3.05, 3.63) is 72.3 Å². The molecule has 0 radical (unpaired) electrons. The van der Waals surface area contributed by atoms with E-state index in [1.807, 2.05) is 0 Å². The molecule has 3 atom stereocenters. The lowest BCUT2D eigenvalue weighted by Gasteiger charge is -2.36. The predicted molar refractivity (Wildman–Crippen MR) is 152 cm³/mol. The van der Waals surface area contributed by atoms with Crippen LogP contribution in [0.5, 0.6) is 11.5 Å². The quantitative estimate of drug-likeness (QED) is 0.0716. The Kier molecular flexibility index (Phi) is 12.6. The summed E-state index contributed by atoms with van der Waals surface area (Å²) in [7, 11) is 0. The smallest absolute Gasteiger partial charge is 0.460 e. The van der Waals surface area contributed by atoms with Gasteiger partial charge in [-0.2, -0.15) is 0 Å². The molecule has 0 aliphatic heterocycles. The first-order valence-corrected chi connectivity index (χ1v) is 14.0. The van der Waals surface area contributed by atoms with Crippen molar-refractivity contribution in [1.29, 1.82) is 0 Å². The largest absolute Gasteiger partial charge is 0.513 e. The van der Waals surface area contributed by atoms with Crippen LogP contribution in [-0.2, 0) is 23.7 Å². The Morgan fingerprint density at radius 2 is 1.38 bits per heavy atom. The van der Waals surface area contributed by atoms with Crippen LogP contribution in [0.4, 0.5) is 4.79 Å². The van der Waals surface area contributed by atoms with Gasteiger partial charge in [0.05, 0.1) is 24.3 Å². The zero-order valence-corrected chi connectivity index (χ0v) is 24.2. The first-order valence-electron chi connectivity index (χ1n) is 14.0. The molecule has 0 aromatic heterocycles. The summed E-state index contributed by atoms with van der Waals surface area (Å²) in [5.74, 6) is 0.198. The molecule has 0 saturated heterocycles. The molecule has 1 aliphatic carbocycles. The summed E-state index contributed by atoms with van der Waals surface area (Å²) in [6, 6.07) is 12.0. The van der Waals surface area contributed by atoms with E-state index in [-0.39, 0.29) is 55.6 Å². The Morgan fingerprint density at radius 1 is 0.810 bits per heavy atom. The molecule has 1 saturated carbocycles. The van der Waals surface area contributed by atoms with E-state index in [2.05, 4.69) is 27.4 Å². The number of benzene rings is 2. The second-order valence-corrected chi connectivity index (χ2v) is 10.4. The van der Waals surface area contributed by atoms with Crippen LogP contribution in [0.1, 0.15) is 60.7 Å². The van der Waals surface area contributed by atoms with Crippen molar-refractivity contribution in [3.8, 4) is 11.5 Å². The molecule has 3 unspecified atom stereocenters. The molecule has 3 rings (SSSR count). The van der Waals surface area contributed by atoms with Crippen molar-refractivity contribution in [2.24, 2.45) is 17.8 Å². The second kappa shape index (κ2) is 16.3. The zero-order valence-electron chi connectivity index (χ0n) is 24.2. The van der Waals surface area contributed by atoms with Crippen LogP contribution in [0.25, 0.3) is 0 Å². The predicted octanol–water partition coefficient (Wildman–Crippen LogP) is 5.78. The van der Waals surface area contributed by atoms with Gasteiger partial charge in [-0.1, -0.05) is 33.8 Å². The molecule has 2 aromatic rings. The first kappa shape index (κ1) is 32.3. The minimum absolute atomic E-state index is 0.0583. The van der Waals surface area contributed by atoms with Crippen LogP contribution in [0.15, 0.2) is 61.2 Å². The summed E-state index contributed by atoms with van der Waals surface area (Å²) in [6.07, 6.45) is 3.07. The van der Waals surface area contributed by atoms with Crippen molar-refractivity contribution in [2.45, 2.75) is 46.1 Å². The van der Waals surface area contributed by atoms with Gasteiger partial charge in [0.2, 0.25) is 0 Å². The van der Waals surface area contributed by atoms with Crippen LogP contribution in [0.3, 0.4) is 0 Å². The van der Waals surface area contributed by atoms with Gasteiger partial charge in [-0.3, -0.25) is 0 Å². The molecule has 0 heterocycles. The van der Waals surface area contributed by atoms with E-state index in [1.165, 1.54) is 24.3 Å². The van der Waals surface area contributed by atoms with E-state index in [4.69, 9.17) is 28.4 Å². The van der Waals surface area contributed by atoms with Crippen LogP contribution >= 0.6 is 0 Å². The summed E-state index contributed by atoms with van der Waals surface area (Å²) < 4.78 is 31.2. The highest BCUT2D eigenvalue weighted by molar-refractivity contribution is 5.92. The SMILES string of the molecule is C=CC(=O)OCCOCCOC(=O)Oc1ccc(C(=O)Oc2ccc(C(=O)OC3CC(C)CCC3C(C)C)cc2)cc1. The fourth-order valence-electron chi connectivity index (χ4n) is 4.61. The van der Waals surface area contributed by atoms with Gasteiger partial charge in [0.15, 0.2) is 0 Å². The fraction of sp³-hybridized carbons (Fsp3) is 0.438. The minimum atomic E-state index is -0.941. The molecular formula is C32H38O10. The molecular weight excluding hydrogens is 544 g/mol. The lowest BCUT2D eigenvalue weighted by Crippen LogP contribution is -2.35. The van der Waals surface area contributed by atoms with Gasteiger partial charge < -0.3 is 28.4 Å². The van der Waals surface area contributed by atoms with Gasteiger partial charge in [0, 0.05) is 6.08 Å². The van der Waals surface area contributed by atoms with Crippen molar-refractivity contribution < 1.29 is 47.6 Å². The standard InChI is InChI=1S/C32H38O10/c1-5-29(33)38-18-16-37-17-19-39-32(36)41-26-13-9-23(10-14-26)30(34)40-25-11-7-24(8-12-25)31(35)42-28-20-22(4)6-15-27(28)21(2)3/h5,7-14,21-22,27-28H,1,6,15-20H2,2-4H3. The number of hydrogen-bond acceptors (Lipinski definition) is 10. The third-order valence-corrected chi connectivity index (χ3v) is 6.90. The van der Waals surface area contributed by atoms with Crippen LogP contribution in [-0.4, -0.2) is 56.6 Å². The summed E-state index contributed by atoms with van der Waals surface area (Å²) >= 11 is 0. The van der Waals surface area contributed by atoms with Gasteiger partial charge in [0.25, 0.3) is 0 Å². The fourth-order valence-corrected chi connectivity index (χ4v) is 4.61. The number of hydrogen-bond donors (Lipinski definition) is 0. The summed E-state index contributed by atoms with van der Waals surface area (Å²) in [6.45, 7) is 10.0. The zero-order chi connectivity index (χ0) is 30.5. The number of ether oxygens (including phenoxy) is 6. The molecule has 0 bridgehead atoms. The Labute approximate surface area is 245 Å². The van der Waals surface area contributed by atoms with Gasteiger partial charge in [0.1, 0.15) is 30.8 Å². The van der Waals surface area contributed by atoms with Gasteiger partial charge >= 0.3 is 24.1 Å². The van der Waals surface area contributed by atoms with Crippen molar-refractivity contribution in [2.75, 3.05) is 26.4 Å². The average molecular weight is 583 g/mol. The van der Waals surface area contributed by atoms with Crippen LogP contribution in [0.2, 0.25) is 0 Å². The lowest BCUT2D eigenvalue weighted by molar-refractivity contribution is -0.139. The van der Waals surface area contributed by atoms with E-state index in [9.17, 15) is 19.2 Å². The maximum Gasteiger partial charge on any atom is 0.513 e. The molecule has 0 N–H and O–H groups in total. The maximum absolute atomic E-state index is 12.8. The van der Waals surface area contributed by atoms with E-state index >= 15 is 0 Å². The average Bonchev–Trinajstić information content (AvgIpc) is 2.97. The van der Waals surface area contributed by atoms with Crippen LogP contribution in [0, 0.1) is 17.8 Å². The third kappa shape index (κ3) is 10.3. The van der Waals surface area contributed by atoms with Gasteiger partial charge in [-0.25, -0.2) is 19.2 Å². The van der Waals surface area contributed by atoms with Crippen LogP contribution < -0.4 is 9.47 Å². The molecule has 0 amide bonds. The van der Waals surface area contributed by atoms with E-state index in [0.717, 1.165) is 25.3 Å². The highest BCUT2D eigenvalue weighted by Crippen LogP contribution is 2.35. The molecule has 2 aromatic carbocycles. The van der Waals surface area contributed by atoms with Crippen molar-refractivity contribution in [3.63, 3.8) is 0 Å². The Bertz CT molecular complexity index is 1200. The van der Waals surface area contributed by atoms with E-state index in [0.29, 0.717) is 23.3 Å². The van der Waals surface area contributed by atoms with Crippen molar-refractivity contribution in [1.82, 2.24) is 0 Å². The topological polar surface area (TPSA) is 124 Å². The minimum Gasteiger partial charge on any atom is -0.460 e. The van der Waals surface area contributed by atoms with Gasteiger partial charge in [-0.15, -0.1) is 0 Å². The molecule has 226 valence electrons. The highest BCUT2D eigenvalue weighted by atomic mass is 16.7. The Morgan fingerprint density at radius 3 is 1.98 bits per heavy atom. The first-order chi connectivity index (χ1) is 20.2. The van der Waals surface area contributed by atoms with E-state index < -0.39 is 18.1 Å². The number of carbonyl (C=O) groups excluding carboxylic acids is 4. The monoisotopic (exact) mass is 582 g/mol.